The van der Waals surface area contributed by atoms with E-state index in [1.165, 1.54) is 5.56 Å². The summed E-state index contributed by atoms with van der Waals surface area (Å²) in [5.74, 6) is 0. The molecule has 3 aromatic rings. The molecule has 3 rings (SSSR count). The van der Waals surface area contributed by atoms with Crippen LogP contribution in [0.3, 0.4) is 0 Å². The summed E-state index contributed by atoms with van der Waals surface area (Å²) in [4.78, 5) is 0. The number of benzene rings is 2. The summed E-state index contributed by atoms with van der Waals surface area (Å²) in [5.41, 5.74) is 5.22. The zero-order chi connectivity index (χ0) is 13.2. The second-order valence-electron chi connectivity index (χ2n) is 4.82. The van der Waals surface area contributed by atoms with Crippen molar-refractivity contribution in [2.24, 2.45) is 0 Å². The third-order valence-electron chi connectivity index (χ3n) is 3.14. The molecule has 2 nitrogen and oxygen atoms in total. The number of hydrogen-bond donors (Lipinski definition) is 0. The van der Waals surface area contributed by atoms with E-state index in [0.29, 0.717) is 0 Å². The highest BCUT2D eigenvalue weighted by molar-refractivity contribution is 5.92. The normalized spacial score (nSPS) is 10.8. The number of fused-ring (bicyclic) bond motifs is 1. The molecule has 0 saturated carbocycles. The number of hydrogen-bond acceptors (Lipinski definition) is 2. The van der Waals surface area contributed by atoms with Crippen LogP contribution in [-0.2, 0) is 6.42 Å². The molecule has 0 N–H and O–H groups in total. The first kappa shape index (κ1) is 11.7. The highest BCUT2D eigenvalue weighted by Crippen LogP contribution is 2.30. The van der Waals surface area contributed by atoms with Gasteiger partial charge in [-0.3, -0.25) is 0 Å². The SMILES string of the molecule is C=C(C)Cc1ccccc1-c1noc2ccccc12. The quantitative estimate of drug-likeness (QED) is 0.633. The van der Waals surface area contributed by atoms with Crippen molar-refractivity contribution in [3.63, 3.8) is 0 Å². The van der Waals surface area contributed by atoms with Crippen molar-refractivity contribution in [2.75, 3.05) is 0 Å². The first-order valence-electron chi connectivity index (χ1n) is 6.33. The van der Waals surface area contributed by atoms with Crippen LogP contribution < -0.4 is 0 Å². The summed E-state index contributed by atoms with van der Waals surface area (Å²) in [6.45, 7) is 6.03. The Hall–Kier alpha value is -2.35. The van der Waals surface area contributed by atoms with Crippen LogP contribution in [0.5, 0.6) is 0 Å². The second kappa shape index (κ2) is 4.73. The van der Waals surface area contributed by atoms with Crippen molar-refractivity contribution in [3.05, 3.63) is 66.2 Å². The van der Waals surface area contributed by atoms with Crippen molar-refractivity contribution >= 4 is 11.0 Å². The van der Waals surface area contributed by atoms with Gasteiger partial charge in [0.15, 0.2) is 5.58 Å². The van der Waals surface area contributed by atoms with E-state index in [4.69, 9.17) is 4.52 Å². The molecule has 0 amide bonds. The van der Waals surface area contributed by atoms with E-state index in [9.17, 15) is 0 Å². The Kier molecular flexibility index (Phi) is 2.92. The summed E-state index contributed by atoms with van der Waals surface area (Å²) >= 11 is 0. The molecule has 0 radical (unpaired) electrons. The van der Waals surface area contributed by atoms with E-state index in [2.05, 4.69) is 23.9 Å². The fourth-order valence-corrected chi connectivity index (χ4v) is 2.31. The topological polar surface area (TPSA) is 26.0 Å². The van der Waals surface area contributed by atoms with Gasteiger partial charge in [0.1, 0.15) is 5.69 Å². The van der Waals surface area contributed by atoms with Crippen LogP contribution in [-0.4, -0.2) is 5.16 Å². The van der Waals surface area contributed by atoms with Crippen LogP contribution in [0.2, 0.25) is 0 Å². The number of aromatic nitrogens is 1. The predicted octanol–water partition coefficient (Wildman–Crippen LogP) is 4.61. The molecule has 0 atom stereocenters. The van der Waals surface area contributed by atoms with Gasteiger partial charge in [0.25, 0.3) is 0 Å². The third kappa shape index (κ3) is 2.17. The van der Waals surface area contributed by atoms with E-state index in [0.717, 1.165) is 34.2 Å². The zero-order valence-electron chi connectivity index (χ0n) is 10.9. The molecule has 0 aliphatic carbocycles. The lowest BCUT2D eigenvalue weighted by molar-refractivity contribution is 0.459. The molecule has 0 saturated heterocycles. The molecule has 0 bridgehead atoms. The predicted molar refractivity (Wildman–Crippen MR) is 78.0 cm³/mol. The molecule has 1 aromatic heterocycles. The zero-order valence-corrected chi connectivity index (χ0v) is 10.9. The molecular weight excluding hydrogens is 234 g/mol. The van der Waals surface area contributed by atoms with Gasteiger partial charge in [0.2, 0.25) is 0 Å². The minimum atomic E-state index is 0.822. The Morgan fingerprint density at radius 2 is 1.84 bits per heavy atom. The molecule has 0 aliphatic rings. The van der Waals surface area contributed by atoms with E-state index in [-0.39, 0.29) is 0 Å². The summed E-state index contributed by atoms with van der Waals surface area (Å²) in [6, 6.07) is 16.2. The lowest BCUT2D eigenvalue weighted by Gasteiger charge is -2.06. The van der Waals surface area contributed by atoms with Gasteiger partial charge in [-0.15, -0.1) is 0 Å². The van der Waals surface area contributed by atoms with E-state index < -0.39 is 0 Å². The summed E-state index contributed by atoms with van der Waals surface area (Å²) < 4.78 is 5.39. The van der Waals surface area contributed by atoms with Crippen LogP contribution in [0, 0.1) is 0 Å². The molecule has 0 fully saturated rings. The lowest BCUT2D eigenvalue weighted by atomic mass is 9.97. The van der Waals surface area contributed by atoms with Crippen LogP contribution >= 0.6 is 0 Å². The molecule has 2 heteroatoms. The highest BCUT2D eigenvalue weighted by atomic mass is 16.5. The first-order valence-corrected chi connectivity index (χ1v) is 6.33. The van der Waals surface area contributed by atoms with Crippen molar-refractivity contribution in [1.82, 2.24) is 5.16 Å². The maximum Gasteiger partial charge on any atom is 0.167 e. The van der Waals surface area contributed by atoms with E-state index in [1.54, 1.807) is 0 Å². The van der Waals surface area contributed by atoms with Gasteiger partial charge in [-0.2, -0.15) is 0 Å². The molecule has 94 valence electrons. The largest absolute Gasteiger partial charge is 0.356 e. The number of allylic oxidation sites excluding steroid dienone is 1. The standard InChI is InChI=1S/C17H15NO/c1-12(2)11-13-7-3-4-8-14(13)17-15-9-5-6-10-16(15)19-18-17/h3-10H,1,11H2,2H3. The molecule has 0 unspecified atom stereocenters. The minimum Gasteiger partial charge on any atom is -0.356 e. The average molecular weight is 249 g/mol. The fourth-order valence-electron chi connectivity index (χ4n) is 2.31. The van der Waals surface area contributed by atoms with E-state index >= 15 is 0 Å². The minimum absolute atomic E-state index is 0.822. The Bertz CT molecular complexity index is 740. The Morgan fingerprint density at radius 3 is 2.68 bits per heavy atom. The molecule has 19 heavy (non-hydrogen) atoms. The van der Waals surface area contributed by atoms with Crippen LogP contribution in [0.4, 0.5) is 0 Å². The molecule has 2 aromatic carbocycles. The first-order chi connectivity index (χ1) is 9.25. The van der Waals surface area contributed by atoms with Gasteiger partial charge in [-0.25, -0.2) is 0 Å². The van der Waals surface area contributed by atoms with Gasteiger partial charge in [-0.1, -0.05) is 53.7 Å². The summed E-state index contributed by atoms with van der Waals surface area (Å²) in [5, 5.41) is 5.28. The van der Waals surface area contributed by atoms with Crippen LogP contribution in [0.1, 0.15) is 12.5 Å². The van der Waals surface area contributed by atoms with Gasteiger partial charge < -0.3 is 4.52 Å². The smallest absolute Gasteiger partial charge is 0.167 e. The number of rotatable bonds is 3. The van der Waals surface area contributed by atoms with Crippen molar-refractivity contribution in [1.29, 1.82) is 0 Å². The molecular formula is C17H15NO. The maximum atomic E-state index is 5.39. The Balaban J connectivity index is 2.19. The lowest BCUT2D eigenvalue weighted by Crippen LogP contribution is -1.91. The van der Waals surface area contributed by atoms with Crippen molar-refractivity contribution < 1.29 is 4.52 Å². The summed E-state index contributed by atoms with van der Waals surface area (Å²) in [7, 11) is 0. The van der Waals surface area contributed by atoms with Gasteiger partial charge in [0, 0.05) is 10.9 Å². The van der Waals surface area contributed by atoms with Gasteiger partial charge >= 0.3 is 0 Å². The van der Waals surface area contributed by atoms with Crippen molar-refractivity contribution in [2.45, 2.75) is 13.3 Å². The highest BCUT2D eigenvalue weighted by Gasteiger charge is 2.12. The molecule has 0 aliphatic heterocycles. The molecule has 0 spiro atoms. The van der Waals surface area contributed by atoms with Crippen LogP contribution in [0.15, 0.2) is 65.2 Å². The number of para-hydroxylation sites is 1. The van der Waals surface area contributed by atoms with Gasteiger partial charge in [-0.05, 0) is 31.0 Å². The Morgan fingerprint density at radius 1 is 1.11 bits per heavy atom. The van der Waals surface area contributed by atoms with E-state index in [1.807, 2.05) is 43.3 Å². The Labute approximate surface area is 112 Å². The summed E-state index contributed by atoms with van der Waals surface area (Å²) in [6.07, 6.45) is 0.858. The monoisotopic (exact) mass is 249 g/mol. The molecule has 1 heterocycles. The fraction of sp³-hybridized carbons (Fsp3) is 0.118. The second-order valence-corrected chi connectivity index (χ2v) is 4.82. The third-order valence-corrected chi connectivity index (χ3v) is 3.14. The van der Waals surface area contributed by atoms with Gasteiger partial charge in [0.05, 0.1) is 0 Å². The number of nitrogens with zero attached hydrogens (tertiary/aromatic N) is 1. The maximum absolute atomic E-state index is 5.39. The van der Waals surface area contributed by atoms with Crippen LogP contribution in [0.25, 0.3) is 22.2 Å². The average Bonchev–Trinajstić information content (AvgIpc) is 2.82. The van der Waals surface area contributed by atoms with Crippen molar-refractivity contribution in [3.8, 4) is 11.3 Å².